The lowest BCUT2D eigenvalue weighted by Crippen LogP contribution is -2.39. The number of hydrazone groups is 1. The highest BCUT2D eigenvalue weighted by Gasteiger charge is 2.27. The minimum atomic E-state index is -3.85. The van der Waals surface area contributed by atoms with E-state index in [0.29, 0.717) is 0 Å². The topological polar surface area (TPSA) is 78.8 Å². The first kappa shape index (κ1) is 23.8. The van der Waals surface area contributed by atoms with E-state index in [4.69, 9.17) is 0 Å². The molecule has 0 saturated heterocycles. The zero-order valence-electron chi connectivity index (χ0n) is 18.0. The average molecular weight is 430 g/mol. The molecular formula is C23H31N3O3S. The number of nitrogens with zero attached hydrogens (tertiary/aromatic N) is 2. The molecule has 1 amide bonds. The van der Waals surface area contributed by atoms with Crippen LogP contribution >= 0.6 is 0 Å². The van der Waals surface area contributed by atoms with Crippen molar-refractivity contribution in [2.45, 2.75) is 57.9 Å². The lowest BCUT2D eigenvalue weighted by Gasteiger charge is -2.21. The number of hydrogen-bond acceptors (Lipinski definition) is 4. The van der Waals surface area contributed by atoms with E-state index >= 15 is 0 Å². The number of carbonyl (C=O) groups is 1. The Labute approximate surface area is 180 Å². The highest BCUT2D eigenvalue weighted by atomic mass is 32.2. The molecule has 0 aromatic heterocycles. The lowest BCUT2D eigenvalue weighted by atomic mass is 10.1. The summed E-state index contributed by atoms with van der Waals surface area (Å²) in [6, 6.07) is 15.9. The number of nitrogens with one attached hydrogen (secondary N) is 1. The number of sulfonamides is 1. The van der Waals surface area contributed by atoms with Crippen molar-refractivity contribution in [1.29, 1.82) is 0 Å². The highest BCUT2D eigenvalue weighted by molar-refractivity contribution is 7.89. The second-order valence-corrected chi connectivity index (χ2v) is 9.22. The quantitative estimate of drug-likeness (QED) is 0.428. The SMILES string of the molecule is CCCC(CCC)=NNC(=O)CN(Cc1ccccc1)S(=O)(=O)c1ccc(C)cc1. The zero-order chi connectivity index (χ0) is 22.0. The van der Waals surface area contributed by atoms with Crippen LogP contribution in [0.15, 0.2) is 64.6 Å². The van der Waals surface area contributed by atoms with Crippen LogP contribution < -0.4 is 5.43 Å². The Bertz CT molecular complexity index is 931. The predicted molar refractivity (Wildman–Crippen MR) is 121 cm³/mol. The van der Waals surface area contributed by atoms with E-state index in [0.717, 1.165) is 42.5 Å². The van der Waals surface area contributed by atoms with Crippen molar-refractivity contribution >= 4 is 21.6 Å². The van der Waals surface area contributed by atoms with E-state index in [9.17, 15) is 13.2 Å². The summed E-state index contributed by atoms with van der Waals surface area (Å²) < 4.78 is 27.7. The van der Waals surface area contributed by atoms with Crippen LogP contribution in [0.2, 0.25) is 0 Å². The fourth-order valence-corrected chi connectivity index (χ4v) is 4.41. The molecule has 0 unspecified atom stereocenters. The van der Waals surface area contributed by atoms with E-state index in [-0.39, 0.29) is 18.0 Å². The molecule has 0 aliphatic heterocycles. The van der Waals surface area contributed by atoms with Gasteiger partial charge in [-0.2, -0.15) is 9.41 Å². The van der Waals surface area contributed by atoms with Gasteiger partial charge in [-0.25, -0.2) is 13.8 Å². The summed E-state index contributed by atoms with van der Waals surface area (Å²) in [5.41, 5.74) is 5.24. The maximum atomic E-state index is 13.2. The summed E-state index contributed by atoms with van der Waals surface area (Å²) in [5.74, 6) is -0.452. The van der Waals surface area contributed by atoms with Crippen LogP contribution in [0.1, 0.15) is 50.7 Å². The minimum Gasteiger partial charge on any atom is -0.272 e. The molecule has 6 nitrogen and oxygen atoms in total. The molecule has 7 heteroatoms. The fourth-order valence-electron chi connectivity index (χ4n) is 3.02. The van der Waals surface area contributed by atoms with Crippen molar-refractivity contribution < 1.29 is 13.2 Å². The third kappa shape index (κ3) is 7.07. The number of rotatable bonds is 11. The van der Waals surface area contributed by atoms with E-state index < -0.39 is 15.9 Å². The molecule has 2 rings (SSSR count). The lowest BCUT2D eigenvalue weighted by molar-refractivity contribution is -0.121. The Kier molecular flexibility index (Phi) is 9.20. The van der Waals surface area contributed by atoms with Crippen molar-refractivity contribution in [1.82, 2.24) is 9.73 Å². The first-order valence-corrected chi connectivity index (χ1v) is 11.8. The molecule has 0 saturated carbocycles. The number of hydrogen-bond donors (Lipinski definition) is 1. The first-order valence-electron chi connectivity index (χ1n) is 10.3. The molecule has 2 aromatic rings. The molecule has 0 spiro atoms. The number of carbonyl (C=O) groups excluding carboxylic acids is 1. The Balaban J connectivity index is 2.24. The average Bonchev–Trinajstić information content (AvgIpc) is 2.73. The van der Waals surface area contributed by atoms with Crippen molar-refractivity contribution in [3.8, 4) is 0 Å². The van der Waals surface area contributed by atoms with Gasteiger partial charge in [0, 0.05) is 12.3 Å². The third-order valence-electron chi connectivity index (χ3n) is 4.60. The summed E-state index contributed by atoms with van der Waals surface area (Å²) in [4.78, 5) is 12.7. The molecule has 162 valence electrons. The van der Waals surface area contributed by atoms with Gasteiger partial charge < -0.3 is 0 Å². The van der Waals surface area contributed by atoms with Gasteiger partial charge in [0.2, 0.25) is 10.0 Å². The van der Waals surface area contributed by atoms with E-state index in [1.807, 2.05) is 37.3 Å². The van der Waals surface area contributed by atoms with Gasteiger partial charge >= 0.3 is 0 Å². The Hall–Kier alpha value is -2.51. The summed E-state index contributed by atoms with van der Waals surface area (Å²) >= 11 is 0. The summed E-state index contributed by atoms with van der Waals surface area (Å²) in [5, 5.41) is 4.23. The Morgan fingerprint density at radius 2 is 1.57 bits per heavy atom. The van der Waals surface area contributed by atoms with Crippen LogP contribution in [-0.2, 0) is 21.4 Å². The molecule has 0 radical (unpaired) electrons. The summed E-state index contributed by atoms with van der Waals surface area (Å²) in [6.45, 7) is 5.81. The van der Waals surface area contributed by atoms with Crippen LogP contribution in [0.5, 0.6) is 0 Å². The maximum Gasteiger partial charge on any atom is 0.255 e. The van der Waals surface area contributed by atoms with Crippen molar-refractivity contribution in [2.24, 2.45) is 5.10 Å². The monoisotopic (exact) mass is 429 g/mol. The standard InChI is InChI=1S/C23H31N3O3S/c1-4-9-21(10-5-2)24-25-23(27)18-26(17-20-11-7-6-8-12-20)30(28,29)22-15-13-19(3)14-16-22/h6-8,11-16H,4-5,9-10,17-18H2,1-3H3,(H,25,27). The normalized spacial score (nSPS) is 11.3. The third-order valence-corrected chi connectivity index (χ3v) is 6.40. The van der Waals surface area contributed by atoms with E-state index in [1.165, 1.54) is 4.31 Å². The molecule has 30 heavy (non-hydrogen) atoms. The van der Waals surface area contributed by atoms with E-state index in [1.54, 1.807) is 24.3 Å². The van der Waals surface area contributed by atoms with Crippen molar-refractivity contribution in [3.63, 3.8) is 0 Å². The highest BCUT2D eigenvalue weighted by Crippen LogP contribution is 2.19. The molecule has 2 aromatic carbocycles. The van der Waals surface area contributed by atoms with Crippen molar-refractivity contribution in [2.75, 3.05) is 6.54 Å². The zero-order valence-corrected chi connectivity index (χ0v) is 18.8. The van der Waals surface area contributed by atoms with Gasteiger partial charge in [-0.05, 0) is 37.5 Å². The van der Waals surface area contributed by atoms with E-state index in [2.05, 4.69) is 24.4 Å². The Morgan fingerprint density at radius 1 is 0.967 bits per heavy atom. The Morgan fingerprint density at radius 3 is 2.13 bits per heavy atom. The second kappa shape index (κ2) is 11.6. The molecule has 0 aliphatic rings. The molecule has 0 atom stereocenters. The summed E-state index contributed by atoms with van der Waals surface area (Å²) in [6.07, 6.45) is 3.50. The molecule has 0 fully saturated rings. The first-order chi connectivity index (χ1) is 14.4. The van der Waals surface area contributed by atoms with Gasteiger partial charge in [0.25, 0.3) is 5.91 Å². The molecule has 1 N–H and O–H groups in total. The molecule has 0 bridgehead atoms. The number of aryl methyl sites for hydroxylation is 1. The van der Waals surface area contributed by atoms with Crippen LogP contribution in [0.4, 0.5) is 0 Å². The number of amides is 1. The molecule has 0 heterocycles. The van der Waals surface area contributed by atoms with Crippen LogP contribution in [-0.4, -0.2) is 30.9 Å². The van der Waals surface area contributed by atoms with Crippen LogP contribution in [0, 0.1) is 6.92 Å². The van der Waals surface area contributed by atoms with Gasteiger partial charge in [-0.15, -0.1) is 0 Å². The van der Waals surface area contributed by atoms with Crippen LogP contribution in [0.25, 0.3) is 0 Å². The molecular weight excluding hydrogens is 398 g/mol. The van der Waals surface area contributed by atoms with Gasteiger partial charge in [-0.1, -0.05) is 74.7 Å². The number of benzene rings is 2. The minimum absolute atomic E-state index is 0.102. The fraction of sp³-hybridized carbons (Fsp3) is 0.391. The van der Waals surface area contributed by atoms with Crippen molar-refractivity contribution in [3.05, 3.63) is 65.7 Å². The second-order valence-electron chi connectivity index (χ2n) is 7.28. The van der Waals surface area contributed by atoms with Gasteiger partial charge in [0.15, 0.2) is 0 Å². The van der Waals surface area contributed by atoms with Gasteiger partial charge in [-0.3, -0.25) is 4.79 Å². The maximum absolute atomic E-state index is 13.2. The van der Waals surface area contributed by atoms with Gasteiger partial charge in [0.05, 0.1) is 11.4 Å². The van der Waals surface area contributed by atoms with Crippen LogP contribution in [0.3, 0.4) is 0 Å². The largest absolute Gasteiger partial charge is 0.272 e. The van der Waals surface area contributed by atoms with Gasteiger partial charge in [0.1, 0.15) is 0 Å². The summed E-state index contributed by atoms with van der Waals surface area (Å²) in [7, 11) is -3.85. The smallest absolute Gasteiger partial charge is 0.255 e. The molecule has 0 aliphatic carbocycles. The predicted octanol–water partition coefficient (Wildman–Crippen LogP) is 4.26.